The van der Waals surface area contributed by atoms with E-state index in [4.69, 9.17) is 0 Å². The Balaban J connectivity index is 1.09. The summed E-state index contributed by atoms with van der Waals surface area (Å²) in [5.41, 5.74) is 8.30. The number of hydrogen-bond acceptors (Lipinski definition) is 2. The molecule has 216 valence electrons. The van der Waals surface area contributed by atoms with Gasteiger partial charge in [-0.1, -0.05) is 121 Å². The summed E-state index contributed by atoms with van der Waals surface area (Å²) in [6.45, 7) is 0. The fourth-order valence-corrected chi connectivity index (χ4v) is 7.90. The van der Waals surface area contributed by atoms with Gasteiger partial charge in [0, 0.05) is 37.2 Å². The van der Waals surface area contributed by atoms with Crippen LogP contribution < -0.4 is 4.90 Å². The molecule has 0 amide bonds. The number of fused-ring (bicyclic) bond motifs is 6. The van der Waals surface area contributed by atoms with Crippen molar-refractivity contribution in [1.29, 1.82) is 0 Å². The van der Waals surface area contributed by atoms with E-state index < -0.39 is 0 Å². The van der Waals surface area contributed by atoms with Crippen molar-refractivity contribution in [3.05, 3.63) is 176 Å². The summed E-state index contributed by atoms with van der Waals surface area (Å²) >= 11 is 1.86. The minimum absolute atomic E-state index is 1.12. The Hall–Kier alpha value is -5.70. The topological polar surface area (TPSA) is 3.24 Å². The van der Waals surface area contributed by atoms with Crippen LogP contribution in [0.15, 0.2) is 176 Å². The van der Waals surface area contributed by atoms with Crippen LogP contribution in [0.4, 0.5) is 17.1 Å². The van der Waals surface area contributed by atoms with E-state index in [0.29, 0.717) is 0 Å². The van der Waals surface area contributed by atoms with Crippen molar-refractivity contribution in [3.8, 4) is 22.3 Å². The summed E-state index contributed by atoms with van der Waals surface area (Å²) in [7, 11) is 0. The van der Waals surface area contributed by atoms with E-state index in [1.165, 1.54) is 64.0 Å². The normalized spacial score (nSPS) is 11.5. The van der Waals surface area contributed by atoms with Gasteiger partial charge in [-0.3, -0.25) is 0 Å². The van der Waals surface area contributed by atoms with Crippen molar-refractivity contribution < 1.29 is 0 Å². The molecule has 8 aromatic carbocycles. The van der Waals surface area contributed by atoms with Crippen LogP contribution in [0.1, 0.15) is 0 Å². The Bertz CT molecular complexity index is 2510. The monoisotopic (exact) mass is 603 g/mol. The van der Waals surface area contributed by atoms with Crippen LogP contribution in [0.2, 0.25) is 0 Å². The van der Waals surface area contributed by atoms with E-state index >= 15 is 0 Å². The number of benzene rings is 8. The molecule has 0 spiro atoms. The summed E-state index contributed by atoms with van der Waals surface area (Å²) in [6, 6.07) is 63.9. The molecule has 0 unspecified atom stereocenters. The fraction of sp³-hybridized carbons (Fsp3) is 0. The largest absolute Gasteiger partial charge is 0.311 e. The third-order valence-corrected chi connectivity index (χ3v) is 10.2. The lowest BCUT2D eigenvalue weighted by Crippen LogP contribution is -2.09. The quantitative estimate of drug-likeness (QED) is 0.177. The molecule has 0 saturated heterocycles. The summed E-state index contributed by atoms with van der Waals surface area (Å²) in [4.78, 5) is 2.33. The van der Waals surface area contributed by atoms with Gasteiger partial charge in [-0.15, -0.1) is 11.3 Å². The minimum Gasteiger partial charge on any atom is -0.311 e. The van der Waals surface area contributed by atoms with Crippen LogP contribution >= 0.6 is 11.3 Å². The van der Waals surface area contributed by atoms with E-state index in [-0.39, 0.29) is 0 Å². The van der Waals surface area contributed by atoms with Crippen LogP contribution in [0.25, 0.3) is 64.0 Å². The summed E-state index contributed by atoms with van der Waals surface area (Å²) in [5, 5.41) is 7.78. The lowest BCUT2D eigenvalue weighted by molar-refractivity contribution is 1.28. The molecule has 1 aromatic heterocycles. The smallest absolute Gasteiger partial charge is 0.0462 e. The number of anilines is 3. The zero-order valence-corrected chi connectivity index (χ0v) is 25.9. The number of para-hydroxylation sites is 1. The third kappa shape index (κ3) is 4.54. The molecule has 1 heterocycles. The molecule has 2 heteroatoms. The van der Waals surface area contributed by atoms with Crippen molar-refractivity contribution in [2.45, 2.75) is 0 Å². The number of thiophene rings is 1. The molecule has 0 atom stereocenters. The molecule has 1 nitrogen and oxygen atoms in total. The van der Waals surface area contributed by atoms with Crippen LogP contribution in [-0.4, -0.2) is 0 Å². The zero-order chi connectivity index (χ0) is 30.5. The maximum Gasteiger partial charge on any atom is 0.0462 e. The zero-order valence-electron chi connectivity index (χ0n) is 25.1. The molecule has 0 N–H and O–H groups in total. The number of nitrogens with zero attached hydrogens (tertiary/aromatic N) is 1. The minimum atomic E-state index is 1.12. The molecule has 9 rings (SSSR count). The van der Waals surface area contributed by atoms with Crippen LogP contribution in [0, 0.1) is 0 Å². The highest BCUT2D eigenvalue weighted by Gasteiger charge is 2.14. The first kappa shape index (κ1) is 26.7. The number of rotatable bonds is 5. The lowest BCUT2D eigenvalue weighted by atomic mass is 9.94. The van der Waals surface area contributed by atoms with E-state index in [1.54, 1.807) is 0 Å². The fourth-order valence-electron chi connectivity index (χ4n) is 6.82. The van der Waals surface area contributed by atoms with Crippen molar-refractivity contribution >= 4 is 70.1 Å². The second-order valence-electron chi connectivity index (χ2n) is 11.8. The highest BCUT2D eigenvalue weighted by Crippen LogP contribution is 2.40. The van der Waals surface area contributed by atoms with Crippen LogP contribution in [0.3, 0.4) is 0 Å². The molecule has 0 aliphatic rings. The maximum absolute atomic E-state index is 2.34. The SMILES string of the molecule is c1ccc(N(c2ccc(-c3ccc4sc5ccccc5c4c3)cc2)c2ccc(-c3cccc4c3ccc3ccccc34)cc2)cc1. The van der Waals surface area contributed by atoms with Gasteiger partial charge < -0.3 is 4.90 Å². The van der Waals surface area contributed by atoms with Gasteiger partial charge in [0.15, 0.2) is 0 Å². The van der Waals surface area contributed by atoms with Gasteiger partial charge in [0.25, 0.3) is 0 Å². The summed E-state index contributed by atoms with van der Waals surface area (Å²) in [5.74, 6) is 0. The second kappa shape index (κ2) is 11.0. The molecule has 46 heavy (non-hydrogen) atoms. The molecule has 9 aromatic rings. The molecule has 0 bridgehead atoms. The Morgan fingerprint density at radius 1 is 0.326 bits per heavy atom. The lowest BCUT2D eigenvalue weighted by Gasteiger charge is -2.26. The van der Waals surface area contributed by atoms with E-state index in [9.17, 15) is 0 Å². The van der Waals surface area contributed by atoms with E-state index in [0.717, 1.165) is 17.1 Å². The predicted molar refractivity (Wildman–Crippen MR) is 200 cm³/mol. The second-order valence-corrected chi connectivity index (χ2v) is 12.8. The van der Waals surface area contributed by atoms with Crippen molar-refractivity contribution in [2.24, 2.45) is 0 Å². The van der Waals surface area contributed by atoms with E-state index in [1.807, 2.05) is 11.3 Å². The molecular weight excluding hydrogens is 575 g/mol. The molecule has 0 saturated carbocycles. The predicted octanol–water partition coefficient (Wildman–Crippen LogP) is 13.2. The molecule has 0 aliphatic carbocycles. The Labute approximate surface area is 272 Å². The van der Waals surface area contributed by atoms with Gasteiger partial charge in [0.2, 0.25) is 0 Å². The van der Waals surface area contributed by atoms with Gasteiger partial charge in [-0.25, -0.2) is 0 Å². The van der Waals surface area contributed by atoms with Crippen molar-refractivity contribution in [1.82, 2.24) is 0 Å². The molecule has 0 fully saturated rings. The summed E-state index contributed by atoms with van der Waals surface area (Å²) < 4.78 is 2.67. The van der Waals surface area contributed by atoms with Gasteiger partial charge in [0.05, 0.1) is 0 Å². The van der Waals surface area contributed by atoms with Crippen LogP contribution in [-0.2, 0) is 0 Å². The molecular formula is C44H29NS. The van der Waals surface area contributed by atoms with Gasteiger partial charge in [-0.05, 0) is 98.4 Å². The molecule has 0 aliphatic heterocycles. The van der Waals surface area contributed by atoms with Gasteiger partial charge in [-0.2, -0.15) is 0 Å². The number of hydrogen-bond donors (Lipinski definition) is 0. The summed E-state index contributed by atoms with van der Waals surface area (Å²) in [6.07, 6.45) is 0. The maximum atomic E-state index is 2.34. The van der Waals surface area contributed by atoms with Crippen LogP contribution in [0.5, 0.6) is 0 Å². The van der Waals surface area contributed by atoms with E-state index in [2.05, 4.69) is 181 Å². The average molecular weight is 604 g/mol. The highest BCUT2D eigenvalue weighted by molar-refractivity contribution is 7.25. The Kier molecular flexibility index (Phi) is 6.40. The van der Waals surface area contributed by atoms with Gasteiger partial charge >= 0.3 is 0 Å². The first-order valence-electron chi connectivity index (χ1n) is 15.7. The third-order valence-electron chi connectivity index (χ3n) is 9.07. The highest BCUT2D eigenvalue weighted by atomic mass is 32.1. The van der Waals surface area contributed by atoms with Crippen molar-refractivity contribution in [2.75, 3.05) is 4.90 Å². The first-order valence-corrected chi connectivity index (χ1v) is 16.5. The Morgan fingerprint density at radius 3 is 1.74 bits per heavy atom. The average Bonchev–Trinajstić information content (AvgIpc) is 3.51. The first-order chi connectivity index (χ1) is 22.8. The molecule has 0 radical (unpaired) electrons. The van der Waals surface area contributed by atoms with Gasteiger partial charge in [0.1, 0.15) is 0 Å². The van der Waals surface area contributed by atoms with Crippen molar-refractivity contribution in [3.63, 3.8) is 0 Å². The standard InChI is InChI=1S/C44H29NS/c1-2-10-34(11-3-1)45(35-23-17-30(18-24-35)33-22-28-44-42(29-33)41-13-6-7-16-43(41)46-44)36-25-19-32(20-26-36)38-14-8-15-39-37-12-5-4-9-31(37)21-27-40(38)39/h1-29H. The Morgan fingerprint density at radius 2 is 0.935 bits per heavy atom.